The average Bonchev–Trinajstić information content (AvgIpc) is 2.47. The lowest BCUT2D eigenvalue weighted by atomic mass is 10.1. The predicted octanol–water partition coefficient (Wildman–Crippen LogP) is 1.57. The van der Waals surface area contributed by atoms with Gasteiger partial charge in [0, 0.05) is 7.11 Å². The molecule has 1 saturated heterocycles. The molecule has 0 spiro atoms. The third kappa shape index (κ3) is 3.30. The van der Waals surface area contributed by atoms with Crippen molar-refractivity contribution in [2.24, 2.45) is 0 Å². The standard InChI is InChI=1S/C11H18O3/c1-5-9(12-4)6-7-10-8-13-11(2,3)14-10/h1,9-10H,6-8H2,2-4H3/t9-,10+/m0/s1. The fraction of sp³-hybridized carbons (Fsp3) is 0.818. The van der Waals surface area contributed by atoms with Crippen LogP contribution in [0.25, 0.3) is 0 Å². The van der Waals surface area contributed by atoms with E-state index in [9.17, 15) is 0 Å². The molecule has 1 rings (SSSR count). The summed E-state index contributed by atoms with van der Waals surface area (Å²) in [4.78, 5) is 0. The van der Waals surface area contributed by atoms with Gasteiger partial charge in [-0.05, 0) is 26.7 Å². The van der Waals surface area contributed by atoms with Crippen molar-refractivity contribution in [3.8, 4) is 12.3 Å². The predicted molar refractivity (Wildman–Crippen MR) is 53.8 cm³/mol. The monoisotopic (exact) mass is 198 g/mol. The molecule has 1 heterocycles. The Labute approximate surface area is 85.7 Å². The van der Waals surface area contributed by atoms with Crippen molar-refractivity contribution in [3.63, 3.8) is 0 Å². The minimum atomic E-state index is -0.441. The zero-order chi connectivity index (χ0) is 10.6. The Kier molecular flexibility index (Phi) is 3.94. The largest absolute Gasteiger partial charge is 0.369 e. The van der Waals surface area contributed by atoms with Gasteiger partial charge in [0.15, 0.2) is 5.79 Å². The molecule has 1 fully saturated rings. The number of hydrogen-bond acceptors (Lipinski definition) is 3. The van der Waals surface area contributed by atoms with E-state index in [0.29, 0.717) is 6.61 Å². The third-order valence-corrected chi connectivity index (χ3v) is 2.29. The summed E-state index contributed by atoms with van der Waals surface area (Å²) in [7, 11) is 1.63. The second-order valence-electron chi connectivity index (χ2n) is 3.92. The molecule has 0 aliphatic carbocycles. The molecule has 14 heavy (non-hydrogen) atoms. The summed E-state index contributed by atoms with van der Waals surface area (Å²) in [5.41, 5.74) is 0. The van der Waals surface area contributed by atoms with Crippen LogP contribution < -0.4 is 0 Å². The number of rotatable bonds is 4. The van der Waals surface area contributed by atoms with Crippen LogP contribution in [0.15, 0.2) is 0 Å². The van der Waals surface area contributed by atoms with Gasteiger partial charge in [0.1, 0.15) is 6.10 Å². The second kappa shape index (κ2) is 4.79. The van der Waals surface area contributed by atoms with Gasteiger partial charge >= 0.3 is 0 Å². The molecular weight excluding hydrogens is 180 g/mol. The van der Waals surface area contributed by atoms with Crippen LogP contribution in [0.4, 0.5) is 0 Å². The van der Waals surface area contributed by atoms with Gasteiger partial charge in [-0.25, -0.2) is 0 Å². The van der Waals surface area contributed by atoms with Crippen molar-refractivity contribution < 1.29 is 14.2 Å². The van der Waals surface area contributed by atoms with E-state index in [4.69, 9.17) is 20.6 Å². The highest BCUT2D eigenvalue weighted by Crippen LogP contribution is 2.25. The lowest BCUT2D eigenvalue weighted by molar-refractivity contribution is -0.139. The Morgan fingerprint density at radius 1 is 1.64 bits per heavy atom. The van der Waals surface area contributed by atoms with Gasteiger partial charge < -0.3 is 14.2 Å². The van der Waals surface area contributed by atoms with Crippen molar-refractivity contribution in [2.75, 3.05) is 13.7 Å². The van der Waals surface area contributed by atoms with Crippen LogP contribution >= 0.6 is 0 Å². The molecule has 0 N–H and O–H groups in total. The SMILES string of the molecule is C#C[C@@H](CC[C@@H]1COC(C)(C)O1)OC. The first kappa shape index (κ1) is 11.5. The molecule has 0 unspecified atom stereocenters. The number of methoxy groups -OCH3 is 1. The van der Waals surface area contributed by atoms with Crippen LogP contribution in [0, 0.1) is 12.3 Å². The van der Waals surface area contributed by atoms with Crippen LogP contribution in [-0.2, 0) is 14.2 Å². The number of hydrogen-bond donors (Lipinski definition) is 0. The van der Waals surface area contributed by atoms with Gasteiger partial charge in [0.25, 0.3) is 0 Å². The maximum atomic E-state index is 5.64. The third-order valence-electron chi connectivity index (χ3n) is 2.29. The Morgan fingerprint density at radius 3 is 2.79 bits per heavy atom. The molecule has 0 saturated carbocycles. The van der Waals surface area contributed by atoms with E-state index in [-0.39, 0.29) is 12.2 Å². The molecule has 3 nitrogen and oxygen atoms in total. The summed E-state index contributed by atoms with van der Waals surface area (Å²) >= 11 is 0. The van der Waals surface area contributed by atoms with Crippen molar-refractivity contribution in [1.29, 1.82) is 0 Å². The summed E-state index contributed by atoms with van der Waals surface area (Å²) in [6.07, 6.45) is 7.01. The summed E-state index contributed by atoms with van der Waals surface area (Å²) in [5, 5.41) is 0. The van der Waals surface area contributed by atoms with Gasteiger partial charge in [-0.15, -0.1) is 6.42 Å². The lowest BCUT2D eigenvalue weighted by Gasteiger charge is -2.17. The van der Waals surface area contributed by atoms with E-state index < -0.39 is 5.79 Å². The van der Waals surface area contributed by atoms with Crippen molar-refractivity contribution >= 4 is 0 Å². The Hall–Kier alpha value is -0.560. The van der Waals surface area contributed by atoms with Crippen LogP contribution in [-0.4, -0.2) is 31.7 Å². The first-order valence-electron chi connectivity index (χ1n) is 4.88. The van der Waals surface area contributed by atoms with E-state index in [0.717, 1.165) is 12.8 Å². The average molecular weight is 198 g/mol. The van der Waals surface area contributed by atoms with Gasteiger partial charge in [0.2, 0.25) is 0 Å². The summed E-state index contributed by atoms with van der Waals surface area (Å²) in [6.45, 7) is 4.48. The molecule has 0 aromatic carbocycles. The molecule has 0 aromatic rings. The number of terminal acetylenes is 1. The first-order valence-corrected chi connectivity index (χ1v) is 4.88. The molecule has 0 radical (unpaired) electrons. The van der Waals surface area contributed by atoms with Gasteiger partial charge in [-0.2, -0.15) is 0 Å². The van der Waals surface area contributed by atoms with Crippen LogP contribution in [0.2, 0.25) is 0 Å². The van der Waals surface area contributed by atoms with Gasteiger partial charge in [-0.3, -0.25) is 0 Å². The summed E-state index contributed by atoms with van der Waals surface area (Å²) in [5.74, 6) is 2.14. The molecular formula is C11H18O3. The van der Waals surface area contributed by atoms with Crippen LogP contribution in [0.3, 0.4) is 0 Å². The molecule has 0 amide bonds. The molecule has 0 aromatic heterocycles. The molecule has 80 valence electrons. The van der Waals surface area contributed by atoms with Gasteiger partial charge in [-0.1, -0.05) is 5.92 Å². The fourth-order valence-corrected chi connectivity index (χ4v) is 1.51. The van der Waals surface area contributed by atoms with Crippen molar-refractivity contribution in [2.45, 2.75) is 44.7 Å². The maximum absolute atomic E-state index is 5.64. The Balaban J connectivity index is 2.24. The zero-order valence-electron chi connectivity index (χ0n) is 9.08. The Morgan fingerprint density at radius 2 is 2.36 bits per heavy atom. The molecule has 3 heteroatoms. The van der Waals surface area contributed by atoms with E-state index in [1.54, 1.807) is 7.11 Å². The number of ether oxygens (including phenoxy) is 3. The summed E-state index contributed by atoms with van der Waals surface area (Å²) in [6, 6.07) is 0. The van der Waals surface area contributed by atoms with Crippen molar-refractivity contribution in [3.05, 3.63) is 0 Å². The minimum absolute atomic E-state index is 0.109. The smallest absolute Gasteiger partial charge is 0.163 e. The maximum Gasteiger partial charge on any atom is 0.163 e. The molecule has 1 aliphatic heterocycles. The van der Waals surface area contributed by atoms with Gasteiger partial charge in [0.05, 0.1) is 12.7 Å². The van der Waals surface area contributed by atoms with E-state index >= 15 is 0 Å². The topological polar surface area (TPSA) is 27.7 Å². The Bertz CT molecular complexity index is 217. The zero-order valence-corrected chi connectivity index (χ0v) is 9.08. The second-order valence-corrected chi connectivity index (χ2v) is 3.92. The molecule has 0 bridgehead atoms. The van der Waals surface area contributed by atoms with E-state index in [1.807, 2.05) is 13.8 Å². The lowest BCUT2D eigenvalue weighted by Crippen LogP contribution is -2.22. The highest BCUT2D eigenvalue weighted by molar-refractivity contribution is 4.94. The highest BCUT2D eigenvalue weighted by Gasteiger charge is 2.32. The quantitative estimate of drug-likeness (QED) is 0.642. The minimum Gasteiger partial charge on any atom is -0.369 e. The normalized spacial score (nSPS) is 27.1. The van der Waals surface area contributed by atoms with Crippen molar-refractivity contribution in [1.82, 2.24) is 0 Å². The fourth-order valence-electron chi connectivity index (χ4n) is 1.51. The first-order chi connectivity index (χ1) is 6.57. The van der Waals surface area contributed by atoms with E-state index in [1.165, 1.54) is 0 Å². The van der Waals surface area contributed by atoms with Crippen LogP contribution in [0.1, 0.15) is 26.7 Å². The molecule has 2 atom stereocenters. The molecule has 1 aliphatic rings. The van der Waals surface area contributed by atoms with Crippen LogP contribution in [0.5, 0.6) is 0 Å². The summed E-state index contributed by atoms with van der Waals surface area (Å²) < 4.78 is 16.2. The van der Waals surface area contributed by atoms with E-state index in [2.05, 4.69) is 5.92 Å². The highest BCUT2D eigenvalue weighted by atomic mass is 16.7.